The highest BCUT2D eigenvalue weighted by Crippen LogP contribution is 2.04. The van der Waals surface area contributed by atoms with Gasteiger partial charge in [-0.15, -0.1) is 0 Å². The first-order valence-electron chi connectivity index (χ1n) is 4.70. The van der Waals surface area contributed by atoms with Crippen LogP contribution in [0.25, 0.3) is 0 Å². The van der Waals surface area contributed by atoms with Crippen LogP contribution in [0, 0.1) is 0 Å². The molecule has 0 aromatic rings. The van der Waals surface area contributed by atoms with E-state index in [1.165, 1.54) is 0 Å². The summed E-state index contributed by atoms with van der Waals surface area (Å²) >= 11 is 0. The Morgan fingerprint density at radius 1 is 1.57 bits per heavy atom. The van der Waals surface area contributed by atoms with Gasteiger partial charge in [-0.05, 0) is 13.3 Å². The molecule has 0 spiro atoms. The number of esters is 1. The van der Waals surface area contributed by atoms with Crippen molar-refractivity contribution in [3.63, 3.8) is 0 Å². The van der Waals surface area contributed by atoms with Gasteiger partial charge < -0.3 is 14.6 Å². The zero-order valence-electron chi connectivity index (χ0n) is 8.78. The lowest BCUT2D eigenvalue weighted by Crippen LogP contribution is -2.21. The summed E-state index contributed by atoms with van der Waals surface area (Å²) in [6, 6.07) is 0. The van der Waals surface area contributed by atoms with E-state index in [1.54, 1.807) is 6.92 Å². The topological polar surface area (TPSA) is 55.8 Å². The molecule has 0 aliphatic heterocycles. The van der Waals surface area contributed by atoms with Gasteiger partial charge in [-0.2, -0.15) is 0 Å². The van der Waals surface area contributed by atoms with Gasteiger partial charge in [-0.25, -0.2) is 4.79 Å². The average Bonchev–Trinajstić information content (AvgIpc) is 2.16. The fourth-order valence-electron chi connectivity index (χ4n) is 0.735. The minimum Gasteiger partial charge on any atom is -0.432 e. The number of carbonyl (C=O) groups excluding carboxylic acids is 1. The third-order valence-corrected chi connectivity index (χ3v) is 1.53. The number of aliphatic hydroxyl groups is 1. The van der Waals surface area contributed by atoms with Gasteiger partial charge in [0, 0.05) is 18.6 Å². The third-order valence-electron chi connectivity index (χ3n) is 1.53. The molecule has 0 saturated heterocycles. The zero-order chi connectivity index (χ0) is 11.0. The first-order chi connectivity index (χ1) is 6.61. The second-order valence-electron chi connectivity index (χ2n) is 2.97. The fourth-order valence-corrected chi connectivity index (χ4v) is 0.735. The Balaban J connectivity index is 3.78. The van der Waals surface area contributed by atoms with Crippen LogP contribution in [0.5, 0.6) is 0 Å². The number of carbonyl (C=O) groups is 1. The van der Waals surface area contributed by atoms with E-state index in [-0.39, 0.29) is 6.61 Å². The van der Waals surface area contributed by atoms with E-state index in [0.717, 1.165) is 0 Å². The Labute approximate surface area is 84.5 Å². The van der Waals surface area contributed by atoms with E-state index in [9.17, 15) is 4.79 Å². The minimum atomic E-state index is -0.536. The fraction of sp³-hybridized carbons (Fsp3) is 0.700. The predicted octanol–water partition coefficient (Wildman–Crippen LogP) is 1.24. The van der Waals surface area contributed by atoms with Crippen LogP contribution in [0.3, 0.4) is 0 Å². The van der Waals surface area contributed by atoms with Crippen molar-refractivity contribution in [2.45, 2.75) is 33.0 Å². The molecule has 1 N–H and O–H groups in total. The first-order valence-corrected chi connectivity index (χ1v) is 4.70. The molecule has 82 valence electrons. The molecular formula is C10H18O4. The number of hydrogen-bond donors (Lipinski definition) is 1. The monoisotopic (exact) mass is 202 g/mol. The van der Waals surface area contributed by atoms with Gasteiger partial charge in [0.25, 0.3) is 0 Å². The molecule has 0 aromatic heterocycles. The van der Waals surface area contributed by atoms with E-state index in [0.29, 0.717) is 25.0 Å². The van der Waals surface area contributed by atoms with Gasteiger partial charge in [0.1, 0.15) is 0 Å². The number of aliphatic hydroxyl groups excluding tert-OH is 1. The van der Waals surface area contributed by atoms with Gasteiger partial charge in [0.15, 0.2) is 0 Å². The first kappa shape index (κ1) is 13.1. The average molecular weight is 202 g/mol. The molecule has 0 heterocycles. The second kappa shape index (κ2) is 7.53. The summed E-state index contributed by atoms with van der Waals surface area (Å²) in [5, 5.41) is 8.52. The van der Waals surface area contributed by atoms with Crippen molar-refractivity contribution in [2.75, 3.05) is 13.2 Å². The molecule has 14 heavy (non-hydrogen) atoms. The number of ether oxygens (including phenoxy) is 2. The van der Waals surface area contributed by atoms with Crippen molar-refractivity contribution in [2.24, 2.45) is 0 Å². The van der Waals surface area contributed by atoms with E-state index in [1.807, 2.05) is 6.92 Å². The molecule has 0 rings (SSSR count). The Morgan fingerprint density at radius 2 is 2.21 bits per heavy atom. The van der Waals surface area contributed by atoms with Gasteiger partial charge in [-0.3, -0.25) is 0 Å². The maximum absolute atomic E-state index is 11.1. The molecule has 0 radical (unpaired) electrons. The predicted molar refractivity (Wildman–Crippen MR) is 52.6 cm³/mol. The Morgan fingerprint density at radius 3 is 2.64 bits per heavy atom. The summed E-state index contributed by atoms with van der Waals surface area (Å²) in [7, 11) is 0. The largest absolute Gasteiger partial charge is 0.432 e. The second-order valence-corrected chi connectivity index (χ2v) is 2.97. The standard InChI is InChI=1S/C10H18O4/c1-4-9(13-7-5-6-11)14-10(12)8(2)3/h9,11H,2,4-7H2,1,3H3. The summed E-state index contributed by atoms with van der Waals surface area (Å²) in [5.41, 5.74) is 0.356. The third kappa shape index (κ3) is 5.72. The van der Waals surface area contributed by atoms with Crippen LogP contribution in [0.1, 0.15) is 26.7 Å². The van der Waals surface area contributed by atoms with Gasteiger partial charge >= 0.3 is 5.97 Å². The van der Waals surface area contributed by atoms with Gasteiger partial charge in [-0.1, -0.05) is 13.5 Å². The van der Waals surface area contributed by atoms with Crippen LogP contribution < -0.4 is 0 Å². The van der Waals surface area contributed by atoms with E-state index >= 15 is 0 Å². The van der Waals surface area contributed by atoms with Crippen molar-refractivity contribution in [3.05, 3.63) is 12.2 Å². The van der Waals surface area contributed by atoms with Crippen LogP contribution in [-0.2, 0) is 14.3 Å². The molecular weight excluding hydrogens is 184 g/mol. The quantitative estimate of drug-likeness (QED) is 0.292. The lowest BCUT2D eigenvalue weighted by atomic mass is 10.3. The van der Waals surface area contributed by atoms with Crippen LogP contribution in [0.2, 0.25) is 0 Å². The molecule has 4 nitrogen and oxygen atoms in total. The highest BCUT2D eigenvalue weighted by atomic mass is 16.7. The lowest BCUT2D eigenvalue weighted by molar-refractivity contribution is -0.175. The summed E-state index contributed by atoms with van der Waals surface area (Å²) in [4.78, 5) is 11.1. The normalized spacial score (nSPS) is 12.2. The summed E-state index contributed by atoms with van der Waals surface area (Å²) < 4.78 is 10.2. The van der Waals surface area contributed by atoms with Crippen LogP contribution in [0.4, 0.5) is 0 Å². The molecule has 0 saturated carbocycles. The van der Waals surface area contributed by atoms with Crippen molar-refractivity contribution in [1.82, 2.24) is 0 Å². The smallest absolute Gasteiger partial charge is 0.335 e. The highest BCUT2D eigenvalue weighted by molar-refractivity contribution is 5.86. The van der Waals surface area contributed by atoms with Gasteiger partial charge in [0.2, 0.25) is 6.29 Å². The maximum atomic E-state index is 11.1. The van der Waals surface area contributed by atoms with Crippen molar-refractivity contribution >= 4 is 5.97 Å². The van der Waals surface area contributed by atoms with Crippen LogP contribution in [-0.4, -0.2) is 30.6 Å². The van der Waals surface area contributed by atoms with Crippen molar-refractivity contribution < 1.29 is 19.4 Å². The van der Waals surface area contributed by atoms with E-state index in [4.69, 9.17) is 14.6 Å². The molecule has 0 aliphatic rings. The Bertz CT molecular complexity index is 189. The zero-order valence-corrected chi connectivity index (χ0v) is 8.78. The SMILES string of the molecule is C=C(C)C(=O)OC(CC)OCCCO. The molecule has 1 unspecified atom stereocenters. The summed E-state index contributed by atoms with van der Waals surface area (Å²) in [6.45, 7) is 7.37. The molecule has 4 heteroatoms. The Kier molecular flexibility index (Phi) is 7.06. The summed E-state index contributed by atoms with van der Waals surface area (Å²) in [5.74, 6) is -0.444. The molecule has 0 aliphatic carbocycles. The van der Waals surface area contributed by atoms with Crippen molar-refractivity contribution in [3.8, 4) is 0 Å². The maximum Gasteiger partial charge on any atom is 0.335 e. The van der Waals surface area contributed by atoms with Crippen LogP contribution in [0.15, 0.2) is 12.2 Å². The van der Waals surface area contributed by atoms with Gasteiger partial charge in [0.05, 0.1) is 6.61 Å². The molecule has 0 bridgehead atoms. The number of hydrogen-bond acceptors (Lipinski definition) is 4. The summed E-state index contributed by atoms with van der Waals surface area (Å²) in [6.07, 6.45) is 0.594. The molecule has 0 fully saturated rings. The lowest BCUT2D eigenvalue weighted by Gasteiger charge is -2.16. The van der Waals surface area contributed by atoms with E-state index < -0.39 is 12.3 Å². The molecule has 0 amide bonds. The van der Waals surface area contributed by atoms with Crippen molar-refractivity contribution in [1.29, 1.82) is 0 Å². The molecule has 0 aromatic carbocycles. The Hall–Kier alpha value is -0.870. The minimum absolute atomic E-state index is 0.0743. The van der Waals surface area contributed by atoms with E-state index in [2.05, 4.69) is 6.58 Å². The van der Waals surface area contributed by atoms with Crippen LogP contribution >= 0.6 is 0 Å². The highest BCUT2D eigenvalue weighted by Gasteiger charge is 2.12. The number of rotatable bonds is 7. The molecule has 1 atom stereocenters.